The van der Waals surface area contributed by atoms with Crippen LogP contribution in [0.25, 0.3) is 0 Å². The maximum atomic E-state index is 12.7. The largest absolute Gasteiger partial charge is 0.493 e. The molecule has 1 aliphatic heterocycles. The van der Waals surface area contributed by atoms with Crippen molar-refractivity contribution in [3.8, 4) is 5.75 Å². The molecule has 27 heavy (non-hydrogen) atoms. The lowest BCUT2D eigenvalue weighted by Crippen LogP contribution is -2.31. The van der Waals surface area contributed by atoms with Gasteiger partial charge in [-0.3, -0.25) is 14.5 Å². The SMILES string of the molecule is CC(=O)N1C[C@H](COc2cc(Cl)cc(Cl)c2)[C@@H](CCc2ccccc2)C1=O. The van der Waals surface area contributed by atoms with E-state index < -0.39 is 0 Å². The zero-order valence-electron chi connectivity index (χ0n) is 15.0. The number of likely N-dealkylation sites (tertiary alicyclic amines) is 1. The number of ether oxygens (including phenoxy) is 1. The van der Waals surface area contributed by atoms with Crippen LogP contribution in [0, 0.1) is 11.8 Å². The lowest BCUT2D eigenvalue weighted by Gasteiger charge is -2.17. The number of halogens is 2. The number of amides is 2. The number of carbonyl (C=O) groups excluding carboxylic acids is 2. The summed E-state index contributed by atoms with van der Waals surface area (Å²) in [5.74, 6) is -0.0937. The second kappa shape index (κ2) is 8.77. The molecule has 1 heterocycles. The molecule has 142 valence electrons. The second-order valence-electron chi connectivity index (χ2n) is 6.77. The quantitative estimate of drug-likeness (QED) is 0.703. The van der Waals surface area contributed by atoms with Crippen molar-refractivity contribution in [2.75, 3.05) is 13.2 Å². The fourth-order valence-electron chi connectivity index (χ4n) is 3.45. The Morgan fingerprint density at radius 2 is 1.81 bits per heavy atom. The first-order valence-electron chi connectivity index (χ1n) is 8.89. The van der Waals surface area contributed by atoms with E-state index in [0.29, 0.717) is 35.4 Å². The molecule has 0 aromatic heterocycles. The molecule has 0 radical (unpaired) electrons. The first kappa shape index (κ1) is 19.7. The van der Waals surface area contributed by atoms with E-state index in [1.165, 1.54) is 17.4 Å². The average Bonchev–Trinajstić information content (AvgIpc) is 2.94. The molecule has 2 aromatic rings. The summed E-state index contributed by atoms with van der Waals surface area (Å²) in [6.07, 6.45) is 1.46. The minimum Gasteiger partial charge on any atom is -0.493 e. The molecule has 2 atom stereocenters. The third kappa shape index (κ3) is 5.02. The van der Waals surface area contributed by atoms with E-state index in [0.717, 1.165) is 6.42 Å². The lowest BCUT2D eigenvalue weighted by molar-refractivity contribution is -0.142. The summed E-state index contributed by atoms with van der Waals surface area (Å²) in [6, 6.07) is 15.0. The minimum absolute atomic E-state index is 0.0668. The number of benzene rings is 2. The van der Waals surface area contributed by atoms with Gasteiger partial charge < -0.3 is 4.74 Å². The molecule has 0 saturated carbocycles. The van der Waals surface area contributed by atoms with Gasteiger partial charge in [-0.15, -0.1) is 0 Å². The van der Waals surface area contributed by atoms with Gasteiger partial charge in [-0.2, -0.15) is 0 Å². The highest BCUT2D eigenvalue weighted by molar-refractivity contribution is 6.34. The number of nitrogens with zero attached hydrogens (tertiary/aromatic N) is 1. The van der Waals surface area contributed by atoms with Crippen molar-refractivity contribution in [3.05, 3.63) is 64.1 Å². The Bertz CT molecular complexity index is 805. The van der Waals surface area contributed by atoms with Crippen LogP contribution in [-0.2, 0) is 16.0 Å². The van der Waals surface area contributed by atoms with Crippen LogP contribution in [0.1, 0.15) is 18.9 Å². The standard InChI is InChI=1S/C21H21Cl2NO3/c1-14(25)24-12-16(13-27-19-10-17(22)9-18(23)11-19)20(21(24)26)8-7-15-5-3-2-4-6-15/h2-6,9-11,16,20H,7-8,12-13H2,1H3/t16-,20-/m1/s1. The molecular formula is C21H21Cl2NO3. The van der Waals surface area contributed by atoms with Crippen LogP contribution in [0.3, 0.4) is 0 Å². The van der Waals surface area contributed by atoms with Gasteiger partial charge in [0.15, 0.2) is 0 Å². The van der Waals surface area contributed by atoms with Gasteiger partial charge in [0, 0.05) is 35.3 Å². The highest BCUT2D eigenvalue weighted by atomic mass is 35.5. The monoisotopic (exact) mass is 405 g/mol. The van der Waals surface area contributed by atoms with Crippen molar-refractivity contribution in [3.63, 3.8) is 0 Å². The molecule has 1 fully saturated rings. The Morgan fingerprint density at radius 1 is 1.15 bits per heavy atom. The molecule has 0 N–H and O–H groups in total. The Balaban J connectivity index is 1.69. The van der Waals surface area contributed by atoms with Crippen LogP contribution in [0.15, 0.2) is 48.5 Å². The van der Waals surface area contributed by atoms with Crippen molar-refractivity contribution in [1.29, 1.82) is 0 Å². The van der Waals surface area contributed by atoms with Crippen molar-refractivity contribution >= 4 is 35.0 Å². The normalized spacial score (nSPS) is 19.4. The van der Waals surface area contributed by atoms with Crippen LogP contribution in [0.4, 0.5) is 0 Å². The molecule has 2 aromatic carbocycles. The number of aryl methyl sites for hydroxylation is 1. The van der Waals surface area contributed by atoms with E-state index in [1.807, 2.05) is 30.3 Å². The predicted molar refractivity (Wildman–Crippen MR) is 106 cm³/mol. The molecule has 0 spiro atoms. The van der Waals surface area contributed by atoms with E-state index in [1.54, 1.807) is 18.2 Å². The summed E-state index contributed by atoms with van der Waals surface area (Å²) in [5, 5.41) is 0.983. The fraction of sp³-hybridized carbons (Fsp3) is 0.333. The highest BCUT2D eigenvalue weighted by Gasteiger charge is 2.42. The maximum Gasteiger partial charge on any atom is 0.232 e. The van der Waals surface area contributed by atoms with Crippen molar-refractivity contribution in [2.24, 2.45) is 11.8 Å². The predicted octanol–water partition coefficient (Wildman–Crippen LogP) is 4.63. The van der Waals surface area contributed by atoms with E-state index in [9.17, 15) is 9.59 Å². The molecule has 6 heteroatoms. The van der Waals surface area contributed by atoms with Gasteiger partial charge in [0.05, 0.1) is 6.61 Å². The summed E-state index contributed by atoms with van der Waals surface area (Å²) in [5.41, 5.74) is 1.17. The first-order valence-corrected chi connectivity index (χ1v) is 9.64. The highest BCUT2D eigenvalue weighted by Crippen LogP contribution is 2.31. The molecule has 0 aliphatic carbocycles. The molecule has 4 nitrogen and oxygen atoms in total. The zero-order chi connectivity index (χ0) is 19.4. The molecule has 1 saturated heterocycles. The van der Waals surface area contributed by atoms with Crippen LogP contribution < -0.4 is 4.74 Å². The molecule has 1 aliphatic rings. The molecule has 0 unspecified atom stereocenters. The van der Waals surface area contributed by atoms with E-state index in [2.05, 4.69) is 0 Å². The van der Waals surface area contributed by atoms with Crippen LogP contribution in [-0.4, -0.2) is 29.9 Å². The first-order chi connectivity index (χ1) is 12.9. The van der Waals surface area contributed by atoms with Gasteiger partial charge in [0.2, 0.25) is 11.8 Å². The summed E-state index contributed by atoms with van der Waals surface area (Å²) in [6.45, 7) is 2.12. The van der Waals surface area contributed by atoms with Gasteiger partial charge in [0.1, 0.15) is 5.75 Å². The Kier molecular flexibility index (Phi) is 6.40. The third-order valence-corrected chi connectivity index (χ3v) is 5.27. The number of imide groups is 1. The van der Waals surface area contributed by atoms with Crippen LogP contribution >= 0.6 is 23.2 Å². The third-order valence-electron chi connectivity index (χ3n) is 4.84. The summed E-state index contributed by atoms with van der Waals surface area (Å²) in [7, 11) is 0. The van der Waals surface area contributed by atoms with Crippen molar-refractivity contribution in [2.45, 2.75) is 19.8 Å². The van der Waals surface area contributed by atoms with Crippen molar-refractivity contribution < 1.29 is 14.3 Å². The Hall–Kier alpha value is -2.04. The Morgan fingerprint density at radius 3 is 2.44 bits per heavy atom. The van der Waals surface area contributed by atoms with E-state index >= 15 is 0 Å². The second-order valence-corrected chi connectivity index (χ2v) is 7.65. The number of hydrogen-bond donors (Lipinski definition) is 0. The number of hydrogen-bond acceptors (Lipinski definition) is 3. The molecular weight excluding hydrogens is 385 g/mol. The van der Waals surface area contributed by atoms with Gasteiger partial charge >= 0.3 is 0 Å². The van der Waals surface area contributed by atoms with E-state index in [4.69, 9.17) is 27.9 Å². The smallest absolute Gasteiger partial charge is 0.232 e. The van der Waals surface area contributed by atoms with Crippen LogP contribution in [0.2, 0.25) is 10.0 Å². The summed E-state index contributed by atoms with van der Waals surface area (Å²) in [4.78, 5) is 25.8. The fourth-order valence-corrected chi connectivity index (χ4v) is 3.95. The molecule has 2 amide bonds. The summed E-state index contributed by atoms with van der Waals surface area (Å²) >= 11 is 12.0. The lowest BCUT2D eigenvalue weighted by atomic mass is 9.90. The van der Waals surface area contributed by atoms with Gasteiger partial charge in [-0.1, -0.05) is 53.5 Å². The van der Waals surface area contributed by atoms with Gasteiger partial charge in [-0.05, 0) is 36.6 Å². The van der Waals surface area contributed by atoms with Crippen LogP contribution in [0.5, 0.6) is 5.75 Å². The zero-order valence-corrected chi connectivity index (χ0v) is 16.5. The van der Waals surface area contributed by atoms with E-state index in [-0.39, 0.29) is 23.7 Å². The number of rotatable bonds is 6. The summed E-state index contributed by atoms with van der Waals surface area (Å²) < 4.78 is 5.85. The topological polar surface area (TPSA) is 46.6 Å². The average molecular weight is 406 g/mol. The molecule has 3 rings (SSSR count). The van der Waals surface area contributed by atoms with Crippen molar-refractivity contribution in [1.82, 2.24) is 4.90 Å². The minimum atomic E-state index is -0.247. The van der Waals surface area contributed by atoms with Gasteiger partial charge in [0.25, 0.3) is 0 Å². The Labute approximate surface area is 169 Å². The number of carbonyl (C=O) groups is 2. The molecule has 0 bridgehead atoms. The van der Waals surface area contributed by atoms with Gasteiger partial charge in [-0.25, -0.2) is 0 Å². The maximum absolute atomic E-state index is 12.7.